The van der Waals surface area contributed by atoms with Crippen LogP contribution in [0.4, 0.5) is 0 Å². The van der Waals surface area contributed by atoms with Gasteiger partial charge in [-0.2, -0.15) is 0 Å². The van der Waals surface area contributed by atoms with E-state index in [0.29, 0.717) is 18.1 Å². The molecule has 28 heavy (non-hydrogen) atoms. The van der Waals surface area contributed by atoms with Crippen LogP contribution in [0.1, 0.15) is 23.2 Å². The van der Waals surface area contributed by atoms with Gasteiger partial charge in [0.25, 0.3) is 0 Å². The molecule has 1 amide bonds. The maximum Gasteiger partial charge on any atom is 0.226 e. The largest absolute Gasteiger partial charge is 0.496 e. The van der Waals surface area contributed by atoms with Crippen molar-refractivity contribution in [2.75, 3.05) is 34.3 Å². The smallest absolute Gasteiger partial charge is 0.226 e. The third-order valence-electron chi connectivity index (χ3n) is 5.14. The van der Waals surface area contributed by atoms with Crippen LogP contribution in [-0.4, -0.2) is 45.1 Å². The van der Waals surface area contributed by atoms with E-state index in [1.165, 1.54) is 0 Å². The van der Waals surface area contributed by atoms with E-state index < -0.39 is 0 Å². The summed E-state index contributed by atoms with van der Waals surface area (Å²) in [6.45, 7) is 1.07. The molecule has 1 heterocycles. The number of likely N-dealkylation sites (N-methyl/N-ethyl adjacent to an activating group) is 1. The van der Waals surface area contributed by atoms with E-state index in [-0.39, 0.29) is 23.9 Å². The Bertz CT molecular complexity index is 797. The second-order valence-corrected chi connectivity index (χ2v) is 7.56. The van der Waals surface area contributed by atoms with Crippen molar-refractivity contribution in [1.29, 1.82) is 0 Å². The van der Waals surface area contributed by atoms with E-state index in [1.807, 2.05) is 62.6 Å². The van der Waals surface area contributed by atoms with Crippen LogP contribution in [-0.2, 0) is 4.79 Å². The SMILES string of the molecule is COc1ccccc1C(CNC(=O)C1CNNC1c1ccc(Cl)cc1)N(C)C. The minimum atomic E-state index is -0.207. The third kappa shape index (κ3) is 4.64. The summed E-state index contributed by atoms with van der Waals surface area (Å²) >= 11 is 5.98. The van der Waals surface area contributed by atoms with E-state index in [2.05, 4.69) is 21.1 Å². The number of nitrogens with zero attached hydrogens (tertiary/aromatic N) is 1. The van der Waals surface area contributed by atoms with Gasteiger partial charge in [-0.3, -0.25) is 10.2 Å². The molecule has 0 aromatic heterocycles. The molecule has 0 aliphatic carbocycles. The summed E-state index contributed by atoms with van der Waals surface area (Å²) in [5.74, 6) is 0.625. The molecule has 0 saturated carbocycles. The zero-order valence-electron chi connectivity index (χ0n) is 16.4. The number of hydrogen-bond donors (Lipinski definition) is 3. The number of para-hydroxylation sites is 1. The number of benzene rings is 2. The van der Waals surface area contributed by atoms with Crippen LogP contribution < -0.4 is 20.9 Å². The molecule has 0 spiro atoms. The van der Waals surface area contributed by atoms with E-state index in [4.69, 9.17) is 16.3 Å². The van der Waals surface area contributed by atoms with E-state index >= 15 is 0 Å². The average Bonchev–Trinajstić information content (AvgIpc) is 3.18. The molecule has 2 aromatic rings. The molecular formula is C21H27ClN4O2. The second kappa shape index (κ2) is 9.39. The maximum atomic E-state index is 12.9. The summed E-state index contributed by atoms with van der Waals surface area (Å²) < 4.78 is 5.50. The lowest BCUT2D eigenvalue weighted by molar-refractivity contribution is -0.125. The lowest BCUT2D eigenvalue weighted by Crippen LogP contribution is -2.40. The maximum absolute atomic E-state index is 12.9. The highest BCUT2D eigenvalue weighted by molar-refractivity contribution is 6.30. The first-order valence-corrected chi connectivity index (χ1v) is 9.70. The van der Waals surface area contributed by atoms with Crippen LogP contribution in [0.5, 0.6) is 5.75 Å². The number of methoxy groups -OCH3 is 1. The van der Waals surface area contributed by atoms with Gasteiger partial charge in [-0.1, -0.05) is 41.9 Å². The van der Waals surface area contributed by atoms with Crippen LogP contribution in [0, 0.1) is 5.92 Å². The zero-order chi connectivity index (χ0) is 20.1. The number of carbonyl (C=O) groups excluding carboxylic acids is 1. The number of amides is 1. The van der Waals surface area contributed by atoms with Crippen LogP contribution in [0.3, 0.4) is 0 Å². The summed E-state index contributed by atoms with van der Waals surface area (Å²) in [7, 11) is 5.66. The number of nitrogens with one attached hydrogen (secondary N) is 3. The average molecular weight is 403 g/mol. The van der Waals surface area contributed by atoms with Crippen molar-refractivity contribution in [3.05, 3.63) is 64.7 Å². The van der Waals surface area contributed by atoms with Crippen molar-refractivity contribution in [3.63, 3.8) is 0 Å². The Kier molecular flexibility index (Phi) is 6.91. The van der Waals surface area contributed by atoms with Crippen LogP contribution in [0.25, 0.3) is 0 Å². The fourth-order valence-corrected chi connectivity index (χ4v) is 3.69. The Hall–Kier alpha value is -2.12. The second-order valence-electron chi connectivity index (χ2n) is 7.13. The first-order chi connectivity index (χ1) is 13.5. The summed E-state index contributed by atoms with van der Waals surface area (Å²) in [4.78, 5) is 15.0. The van der Waals surface area contributed by atoms with Gasteiger partial charge in [0.05, 0.1) is 25.1 Å². The van der Waals surface area contributed by atoms with Gasteiger partial charge >= 0.3 is 0 Å². The molecule has 2 aromatic carbocycles. The topological polar surface area (TPSA) is 65.6 Å². The number of carbonyl (C=O) groups is 1. The highest BCUT2D eigenvalue weighted by Gasteiger charge is 2.34. The van der Waals surface area contributed by atoms with Crippen LogP contribution in [0.15, 0.2) is 48.5 Å². The molecule has 3 N–H and O–H groups in total. The monoisotopic (exact) mass is 402 g/mol. The highest BCUT2D eigenvalue weighted by atomic mass is 35.5. The van der Waals surface area contributed by atoms with Crippen molar-refractivity contribution in [2.45, 2.75) is 12.1 Å². The van der Waals surface area contributed by atoms with Gasteiger partial charge in [-0.05, 0) is 37.9 Å². The number of halogens is 1. The lowest BCUT2D eigenvalue weighted by Gasteiger charge is -2.27. The molecule has 1 aliphatic heterocycles. The first-order valence-electron chi connectivity index (χ1n) is 9.32. The number of hydrazine groups is 1. The molecule has 7 heteroatoms. The predicted octanol–water partition coefficient (Wildman–Crippen LogP) is 2.53. The molecule has 1 fully saturated rings. The Morgan fingerprint density at radius 2 is 1.96 bits per heavy atom. The van der Waals surface area contributed by atoms with Crippen LogP contribution in [0.2, 0.25) is 5.02 Å². The predicted molar refractivity (Wildman–Crippen MR) is 111 cm³/mol. The number of ether oxygens (including phenoxy) is 1. The van der Waals surface area contributed by atoms with Crippen molar-refractivity contribution in [1.82, 2.24) is 21.1 Å². The summed E-state index contributed by atoms with van der Waals surface area (Å²) in [6.07, 6.45) is 0. The number of hydrogen-bond acceptors (Lipinski definition) is 5. The summed E-state index contributed by atoms with van der Waals surface area (Å²) in [5.41, 5.74) is 8.38. The molecule has 1 saturated heterocycles. The van der Waals surface area contributed by atoms with Crippen molar-refractivity contribution < 1.29 is 9.53 Å². The van der Waals surface area contributed by atoms with Gasteiger partial charge in [-0.25, -0.2) is 5.43 Å². The molecule has 150 valence electrons. The first kappa shape index (κ1) is 20.6. The molecule has 0 bridgehead atoms. The quantitative estimate of drug-likeness (QED) is 0.664. The van der Waals surface area contributed by atoms with Gasteiger partial charge in [-0.15, -0.1) is 0 Å². The Morgan fingerprint density at radius 1 is 1.25 bits per heavy atom. The Labute approximate surface area is 171 Å². The third-order valence-corrected chi connectivity index (χ3v) is 5.39. The van der Waals surface area contributed by atoms with Gasteiger partial charge in [0, 0.05) is 23.7 Å². The molecule has 0 radical (unpaired) electrons. The lowest BCUT2D eigenvalue weighted by atomic mass is 9.94. The van der Waals surface area contributed by atoms with Gasteiger partial charge < -0.3 is 15.0 Å². The molecular weight excluding hydrogens is 376 g/mol. The van der Waals surface area contributed by atoms with E-state index in [0.717, 1.165) is 16.9 Å². The number of rotatable bonds is 7. The van der Waals surface area contributed by atoms with Crippen molar-refractivity contribution in [3.8, 4) is 5.75 Å². The summed E-state index contributed by atoms with van der Waals surface area (Å²) in [6, 6.07) is 15.4. The molecule has 3 rings (SSSR count). The van der Waals surface area contributed by atoms with Crippen LogP contribution >= 0.6 is 11.6 Å². The van der Waals surface area contributed by atoms with Gasteiger partial charge in [0.1, 0.15) is 5.75 Å². The highest BCUT2D eigenvalue weighted by Crippen LogP contribution is 2.29. The fraction of sp³-hybridized carbons (Fsp3) is 0.381. The zero-order valence-corrected chi connectivity index (χ0v) is 17.2. The van der Waals surface area contributed by atoms with Gasteiger partial charge in [0.15, 0.2) is 0 Å². The van der Waals surface area contributed by atoms with Crippen molar-refractivity contribution in [2.24, 2.45) is 5.92 Å². The Morgan fingerprint density at radius 3 is 2.64 bits per heavy atom. The normalized spacial score (nSPS) is 20.2. The summed E-state index contributed by atoms with van der Waals surface area (Å²) in [5, 5.41) is 3.81. The molecule has 3 atom stereocenters. The standard InChI is InChI=1S/C21H27ClN4O2/c1-26(2)18(16-6-4-5-7-19(16)28-3)13-23-21(27)17-12-24-25-20(17)14-8-10-15(22)11-9-14/h4-11,17-18,20,24-25H,12-13H2,1-3H3,(H,23,27). The van der Waals surface area contributed by atoms with E-state index in [1.54, 1.807) is 7.11 Å². The minimum absolute atomic E-state index is 0.0106. The molecule has 6 nitrogen and oxygen atoms in total. The minimum Gasteiger partial charge on any atom is -0.496 e. The van der Waals surface area contributed by atoms with Gasteiger partial charge in [0.2, 0.25) is 5.91 Å². The fourth-order valence-electron chi connectivity index (χ4n) is 3.57. The molecule has 1 aliphatic rings. The van der Waals surface area contributed by atoms with Crippen molar-refractivity contribution >= 4 is 17.5 Å². The Balaban J connectivity index is 1.69. The molecule has 3 unspecified atom stereocenters. The van der Waals surface area contributed by atoms with E-state index in [9.17, 15) is 4.79 Å².